The van der Waals surface area contributed by atoms with Crippen molar-refractivity contribution >= 4 is 5.84 Å². The van der Waals surface area contributed by atoms with E-state index in [0.717, 1.165) is 0 Å². The van der Waals surface area contributed by atoms with Gasteiger partial charge in [-0.25, -0.2) is 0 Å². The summed E-state index contributed by atoms with van der Waals surface area (Å²) in [6.45, 7) is 5.26. The lowest BCUT2D eigenvalue weighted by molar-refractivity contribution is 1.31. The van der Waals surface area contributed by atoms with Crippen LogP contribution in [0.25, 0.3) is 0 Å². The second-order valence-corrected chi connectivity index (χ2v) is 1.97. The summed E-state index contributed by atoms with van der Waals surface area (Å²) in [6.07, 6.45) is 4.86. The first-order valence-corrected chi connectivity index (χ1v) is 3.22. The van der Waals surface area contributed by atoms with Crippen molar-refractivity contribution in [3.05, 3.63) is 36.1 Å². The average molecular weight is 151 g/mol. The summed E-state index contributed by atoms with van der Waals surface area (Å²) in [5.41, 5.74) is 11.8. The molecular weight excluding hydrogens is 138 g/mol. The van der Waals surface area contributed by atoms with Crippen LogP contribution in [0.3, 0.4) is 0 Å². The van der Waals surface area contributed by atoms with Crippen molar-refractivity contribution in [2.24, 2.45) is 11.5 Å². The van der Waals surface area contributed by atoms with Crippen LogP contribution in [-0.4, -0.2) is 5.84 Å². The second kappa shape index (κ2) is 4.33. The van der Waals surface area contributed by atoms with Crippen molar-refractivity contribution < 1.29 is 0 Å². The van der Waals surface area contributed by atoms with Crippen molar-refractivity contribution in [2.75, 3.05) is 0 Å². The van der Waals surface area contributed by atoms with Gasteiger partial charge in [-0.3, -0.25) is 5.41 Å². The summed E-state index contributed by atoms with van der Waals surface area (Å²) >= 11 is 0. The Bertz CT molecular complexity index is 223. The molecule has 0 atom stereocenters. The highest BCUT2D eigenvalue weighted by molar-refractivity contribution is 5.98. The van der Waals surface area contributed by atoms with Crippen LogP contribution in [0.4, 0.5) is 0 Å². The summed E-state index contributed by atoms with van der Waals surface area (Å²) in [5, 5.41) is 7.11. The van der Waals surface area contributed by atoms with Crippen LogP contribution in [0.2, 0.25) is 0 Å². The van der Waals surface area contributed by atoms with Gasteiger partial charge in [0.2, 0.25) is 0 Å². The molecule has 11 heavy (non-hydrogen) atoms. The Morgan fingerprint density at radius 2 is 2.00 bits per heavy atom. The van der Waals surface area contributed by atoms with E-state index in [-0.39, 0.29) is 5.84 Å². The number of hydrogen-bond acceptors (Lipinski definition) is 2. The van der Waals surface area contributed by atoms with Gasteiger partial charge in [-0.2, -0.15) is 0 Å². The lowest BCUT2D eigenvalue weighted by atomic mass is 10.1. The first-order chi connectivity index (χ1) is 5.13. The van der Waals surface area contributed by atoms with E-state index in [1.165, 1.54) is 0 Å². The number of rotatable bonds is 3. The van der Waals surface area contributed by atoms with Crippen LogP contribution in [-0.2, 0) is 0 Å². The monoisotopic (exact) mass is 151 g/mol. The molecule has 0 bridgehead atoms. The molecule has 0 aliphatic carbocycles. The van der Waals surface area contributed by atoms with E-state index in [2.05, 4.69) is 6.58 Å². The van der Waals surface area contributed by atoms with Crippen molar-refractivity contribution in [1.29, 1.82) is 5.41 Å². The number of allylic oxidation sites excluding steroid dienone is 3. The zero-order valence-corrected chi connectivity index (χ0v) is 6.59. The van der Waals surface area contributed by atoms with Gasteiger partial charge in [0.05, 0.1) is 0 Å². The molecular formula is C8H13N3. The Morgan fingerprint density at radius 3 is 2.27 bits per heavy atom. The minimum Gasteiger partial charge on any atom is -0.398 e. The molecule has 3 nitrogen and oxygen atoms in total. The molecule has 0 rings (SSSR count). The summed E-state index contributed by atoms with van der Waals surface area (Å²) < 4.78 is 0. The summed E-state index contributed by atoms with van der Waals surface area (Å²) in [7, 11) is 0. The largest absolute Gasteiger partial charge is 0.398 e. The van der Waals surface area contributed by atoms with Crippen LogP contribution in [0.5, 0.6) is 0 Å². The van der Waals surface area contributed by atoms with Gasteiger partial charge in [-0.15, -0.1) is 0 Å². The fourth-order valence-electron chi connectivity index (χ4n) is 0.694. The molecule has 0 aliphatic rings. The van der Waals surface area contributed by atoms with Crippen LogP contribution in [0.15, 0.2) is 36.1 Å². The second-order valence-electron chi connectivity index (χ2n) is 1.97. The fraction of sp³-hybridized carbons (Fsp3) is 0.125. The highest BCUT2D eigenvalue weighted by atomic mass is 14.7. The maximum Gasteiger partial charge on any atom is 0.124 e. The number of amidine groups is 1. The molecule has 0 radical (unpaired) electrons. The Kier molecular flexibility index (Phi) is 3.73. The first-order valence-electron chi connectivity index (χ1n) is 3.22. The molecule has 0 fully saturated rings. The zero-order chi connectivity index (χ0) is 8.85. The van der Waals surface area contributed by atoms with Gasteiger partial charge in [0.25, 0.3) is 0 Å². The highest BCUT2D eigenvalue weighted by Crippen LogP contribution is 2.02. The van der Waals surface area contributed by atoms with E-state index < -0.39 is 0 Å². The lowest BCUT2D eigenvalue weighted by Crippen LogP contribution is -2.17. The molecule has 0 heterocycles. The molecule has 3 heteroatoms. The predicted octanol–water partition coefficient (Wildman–Crippen LogP) is 0.897. The van der Waals surface area contributed by atoms with Crippen molar-refractivity contribution in [2.45, 2.75) is 6.92 Å². The minimum absolute atomic E-state index is 0.0249. The van der Waals surface area contributed by atoms with E-state index in [9.17, 15) is 0 Å². The van der Waals surface area contributed by atoms with Gasteiger partial charge in [0.15, 0.2) is 0 Å². The molecule has 60 valence electrons. The van der Waals surface area contributed by atoms with E-state index in [0.29, 0.717) is 11.3 Å². The van der Waals surface area contributed by atoms with E-state index in [1.54, 1.807) is 25.2 Å². The molecule has 5 N–H and O–H groups in total. The molecule has 0 saturated heterocycles. The third-order valence-electron chi connectivity index (χ3n) is 1.19. The SMILES string of the molecule is C=C/C=C(N)\C(=C/C)C(=N)N. The Hall–Kier alpha value is -1.51. The van der Waals surface area contributed by atoms with Crippen LogP contribution >= 0.6 is 0 Å². The van der Waals surface area contributed by atoms with Crippen LogP contribution < -0.4 is 11.5 Å². The summed E-state index contributed by atoms with van der Waals surface area (Å²) in [4.78, 5) is 0. The normalized spacial score (nSPS) is 12.8. The van der Waals surface area contributed by atoms with Gasteiger partial charge in [-0.1, -0.05) is 18.7 Å². The van der Waals surface area contributed by atoms with E-state index >= 15 is 0 Å². The number of hydrogen-bond donors (Lipinski definition) is 3. The van der Waals surface area contributed by atoms with E-state index in [4.69, 9.17) is 16.9 Å². The quantitative estimate of drug-likeness (QED) is 0.318. The Morgan fingerprint density at radius 1 is 1.45 bits per heavy atom. The molecule has 0 saturated carbocycles. The zero-order valence-electron chi connectivity index (χ0n) is 6.59. The van der Waals surface area contributed by atoms with Gasteiger partial charge < -0.3 is 11.5 Å². The van der Waals surface area contributed by atoms with E-state index in [1.807, 2.05) is 0 Å². The van der Waals surface area contributed by atoms with Gasteiger partial charge in [0.1, 0.15) is 5.84 Å². The molecule has 0 aromatic heterocycles. The lowest BCUT2D eigenvalue weighted by Gasteiger charge is -2.02. The maximum atomic E-state index is 7.11. The summed E-state index contributed by atoms with van der Waals surface area (Å²) in [6, 6.07) is 0. The van der Waals surface area contributed by atoms with Crippen molar-refractivity contribution in [3.63, 3.8) is 0 Å². The molecule has 0 aromatic carbocycles. The predicted molar refractivity (Wildman–Crippen MR) is 48.1 cm³/mol. The standard InChI is InChI=1S/C8H13N3/c1-3-5-7(9)6(4-2)8(10)11/h3-5H,1,9H2,2H3,(H3,10,11)/b6-4+,7-5+. The minimum atomic E-state index is -0.0249. The number of nitrogens with one attached hydrogen (secondary N) is 1. The first kappa shape index (κ1) is 9.49. The molecule has 0 aliphatic heterocycles. The highest BCUT2D eigenvalue weighted by Gasteiger charge is 2.00. The maximum absolute atomic E-state index is 7.11. The van der Waals surface area contributed by atoms with Gasteiger partial charge >= 0.3 is 0 Å². The van der Waals surface area contributed by atoms with Crippen LogP contribution in [0, 0.1) is 5.41 Å². The van der Waals surface area contributed by atoms with Gasteiger partial charge in [-0.05, 0) is 13.0 Å². The molecule has 0 aromatic rings. The van der Waals surface area contributed by atoms with Gasteiger partial charge in [0, 0.05) is 11.3 Å². The Labute approximate surface area is 66.6 Å². The third-order valence-corrected chi connectivity index (χ3v) is 1.19. The smallest absolute Gasteiger partial charge is 0.124 e. The fourth-order valence-corrected chi connectivity index (χ4v) is 0.694. The molecule has 0 unspecified atom stereocenters. The topological polar surface area (TPSA) is 75.9 Å². The van der Waals surface area contributed by atoms with Crippen molar-refractivity contribution in [3.8, 4) is 0 Å². The summed E-state index contributed by atoms with van der Waals surface area (Å²) in [5.74, 6) is -0.0249. The molecule has 0 amide bonds. The molecule has 0 spiro atoms. The van der Waals surface area contributed by atoms with Crippen molar-refractivity contribution in [1.82, 2.24) is 0 Å². The van der Waals surface area contributed by atoms with Crippen LogP contribution in [0.1, 0.15) is 6.92 Å². The average Bonchev–Trinajstić information content (AvgIpc) is 1.88. The Balaban J connectivity index is 4.67. The third kappa shape index (κ3) is 2.71. The number of nitrogens with two attached hydrogens (primary N) is 2.